The highest BCUT2D eigenvalue weighted by Gasteiger charge is 2.20. The topological polar surface area (TPSA) is 77.2 Å². The van der Waals surface area contributed by atoms with Gasteiger partial charge in [0.2, 0.25) is 11.7 Å². The fraction of sp³-hybridized carbons (Fsp3) is 0.174. The molecule has 1 N–H and O–H groups in total. The Labute approximate surface area is 178 Å². The molecule has 0 aliphatic carbocycles. The van der Waals surface area contributed by atoms with Crippen molar-refractivity contribution in [1.82, 2.24) is 15.5 Å². The van der Waals surface area contributed by atoms with Crippen LogP contribution in [-0.4, -0.2) is 22.2 Å². The van der Waals surface area contributed by atoms with E-state index in [9.17, 15) is 4.79 Å². The van der Waals surface area contributed by atoms with Crippen molar-refractivity contribution in [3.8, 4) is 17.1 Å². The molecule has 1 aromatic heterocycles. The molecule has 0 fully saturated rings. The van der Waals surface area contributed by atoms with Crippen LogP contribution in [0.15, 0.2) is 71.3 Å². The molecular formula is C23H20ClN3O3. The fourth-order valence-electron chi connectivity index (χ4n) is 3.09. The lowest BCUT2D eigenvalue weighted by atomic mass is 10.1. The minimum atomic E-state index is -0.630. The third-order valence-electron chi connectivity index (χ3n) is 4.67. The van der Waals surface area contributed by atoms with Crippen LogP contribution in [0.3, 0.4) is 0 Å². The van der Waals surface area contributed by atoms with E-state index in [1.165, 1.54) is 0 Å². The minimum Gasteiger partial charge on any atom is -0.480 e. The zero-order valence-corrected chi connectivity index (χ0v) is 17.1. The summed E-state index contributed by atoms with van der Waals surface area (Å²) in [6, 6.07) is 20.8. The highest BCUT2D eigenvalue weighted by Crippen LogP contribution is 2.26. The quantitative estimate of drug-likeness (QED) is 0.453. The summed E-state index contributed by atoms with van der Waals surface area (Å²) in [4.78, 5) is 17.0. The lowest BCUT2D eigenvalue weighted by molar-refractivity contribution is -0.128. The Hall–Kier alpha value is -3.38. The average Bonchev–Trinajstić information content (AvgIpc) is 3.25. The number of hydrogen-bond donors (Lipinski definition) is 1. The van der Waals surface area contributed by atoms with E-state index < -0.39 is 6.10 Å². The van der Waals surface area contributed by atoms with E-state index in [-0.39, 0.29) is 12.5 Å². The Bertz CT molecular complexity index is 1150. The predicted molar refractivity (Wildman–Crippen MR) is 115 cm³/mol. The van der Waals surface area contributed by atoms with Crippen molar-refractivity contribution in [2.45, 2.75) is 26.0 Å². The molecule has 0 spiro atoms. The molecule has 1 amide bonds. The molecular weight excluding hydrogens is 402 g/mol. The number of ether oxygens (including phenoxy) is 1. The van der Waals surface area contributed by atoms with Crippen LogP contribution in [0.5, 0.6) is 5.75 Å². The largest absolute Gasteiger partial charge is 0.480 e. The van der Waals surface area contributed by atoms with Gasteiger partial charge in [-0.15, -0.1) is 0 Å². The number of hydrogen-bond acceptors (Lipinski definition) is 5. The first-order valence-corrected chi connectivity index (χ1v) is 10.0. The molecule has 6 nitrogen and oxygen atoms in total. The zero-order chi connectivity index (χ0) is 20.9. The van der Waals surface area contributed by atoms with Crippen LogP contribution >= 0.6 is 11.6 Å². The van der Waals surface area contributed by atoms with E-state index in [0.29, 0.717) is 28.9 Å². The van der Waals surface area contributed by atoms with Gasteiger partial charge >= 0.3 is 0 Å². The Balaban J connectivity index is 1.41. The Kier molecular flexibility index (Phi) is 5.95. The first-order chi connectivity index (χ1) is 14.6. The average molecular weight is 422 g/mol. The Morgan fingerprint density at radius 3 is 2.67 bits per heavy atom. The Morgan fingerprint density at radius 1 is 1.10 bits per heavy atom. The summed E-state index contributed by atoms with van der Waals surface area (Å²) in [5, 5.41) is 9.42. The first-order valence-electron chi connectivity index (χ1n) is 9.64. The van der Waals surface area contributed by atoms with E-state index in [0.717, 1.165) is 16.3 Å². The Morgan fingerprint density at radius 2 is 1.87 bits per heavy atom. The molecule has 0 aliphatic heterocycles. The van der Waals surface area contributed by atoms with Crippen molar-refractivity contribution in [1.29, 1.82) is 0 Å². The van der Waals surface area contributed by atoms with Gasteiger partial charge in [-0.05, 0) is 42.1 Å². The van der Waals surface area contributed by atoms with Crippen molar-refractivity contribution in [3.05, 3.63) is 77.6 Å². The summed E-state index contributed by atoms with van der Waals surface area (Å²) in [6.45, 7) is 2.02. The van der Waals surface area contributed by atoms with Crippen LogP contribution in [0.1, 0.15) is 19.2 Å². The molecule has 152 valence electrons. The normalized spacial score (nSPS) is 11.9. The van der Waals surface area contributed by atoms with Crippen molar-refractivity contribution in [2.75, 3.05) is 0 Å². The molecule has 1 unspecified atom stereocenters. The number of carbonyl (C=O) groups excluding carboxylic acids is 1. The highest BCUT2D eigenvalue weighted by molar-refractivity contribution is 6.30. The molecule has 1 heterocycles. The number of fused-ring (bicyclic) bond motifs is 1. The summed E-state index contributed by atoms with van der Waals surface area (Å²) in [5.41, 5.74) is 0.784. The zero-order valence-electron chi connectivity index (χ0n) is 16.3. The number of halogens is 1. The summed E-state index contributed by atoms with van der Waals surface area (Å²) >= 11 is 5.90. The van der Waals surface area contributed by atoms with Crippen LogP contribution in [0.2, 0.25) is 5.02 Å². The predicted octanol–water partition coefficient (Wildman–Crippen LogP) is 5.02. The summed E-state index contributed by atoms with van der Waals surface area (Å²) in [5.74, 6) is 1.19. The molecule has 30 heavy (non-hydrogen) atoms. The van der Waals surface area contributed by atoms with Gasteiger partial charge in [0.05, 0.1) is 6.54 Å². The van der Waals surface area contributed by atoms with Crippen LogP contribution in [0.25, 0.3) is 22.2 Å². The van der Waals surface area contributed by atoms with Gasteiger partial charge in [-0.1, -0.05) is 60.1 Å². The molecule has 3 aromatic carbocycles. The van der Waals surface area contributed by atoms with Crippen LogP contribution in [0, 0.1) is 0 Å². The van der Waals surface area contributed by atoms with Crippen LogP contribution in [-0.2, 0) is 11.3 Å². The number of aromatic nitrogens is 2. The van der Waals surface area contributed by atoms with E-state index >= 15 is 0 Å². The third kappa shape index (κ3) is 4.44. The summed E-state index contributed by atoms with van der Waals surface area (Å²) < 4.78 is 11.3. The number of amides is 1. The van der Waals surface area contributed by atoms with Gasteiger partial charge in [0.15, 0.2) is 6.10 Å². The number of nitrogens with one attached hydrogen (secondary N) is 1. The summed E-state index contributed by atoms with van der Waals surface area (Å²) in [6.07, 6.45) is -0.107. The van der Waals surface area contributed by atoms with Crippen LogP contribution in [0.4, 0.5) is 0 Å². The molecule has 7 heteroatoms. The molecule has 0 saturated carbocycles. The smallest absolute Gasteiger partial charge is 0.261 e. The monoisotopic (exact) mass is 421 g/mol. The standard InChI is InChI=1S/C23H20ClN3O3/c1-2-19(29-20-9-5-7-15-6-3-4-8-18(15)20)23(28)25-14-21-26-22(27-30-21)16-10-12-17(24)13-11-16/h3-13,19H,2,14H2,1H3,(H,25,28). The van der Waals surface area contributed by atoms with Crippen LogP contribution < -0.4 is 10.1 Å². The van der Waals surface area contributed by atoms with Gasteiger partial charge in [-0.2, -0.15) is 4.98 Å². The second-order valence-electron chi connectivity index (χ2n) is 6.73. The number of benzene rings is 3. The van der Waals surface area contributed by atoms with Crippen molar-refractivity contribution in [2.24, 2.45) is 0 Å². The fourth-order valence-corrected chi connectivity index (χ4v) is 3.22. The molecule has 0 aliphatic rings. The van der Waals surface area contributed by atoms with Gasteiger partial charge < -0.3 is 14.6 Å². The van der Waals surface area contributed by atoms with Crippen molar-refractivity contribution >= 4 is 28.3 Å². The lowest BCUT2D eigenvalue weighted by Gasteiger charge is -2.18. The maximum atomic E-state index is 12.7. The molecule has 4 aromatic rings. The highest BCUT2D eigenvalue weighted by atomic mass is 35.5. The molecule has 0 bridgehead atoms. The molecule has 0 saturated heterocycles. The minimum absolute atomic E-state index is 0.120. The first kappa shape index (κ1) is 19.9. The van der Waals surface area contributed by atoms with Crippen molar-refractivity contribution < 1.29 is 14.1 Å². The van der Waals surface area contributed by atoms with Gasteiger partial charge in [0.25, 0.3) is 5.91 Å². The lowest BCUT2D eigenvalue weighted by Crippen LogP contribution is -2.37. The van der Waals surface area contributed by atoms with E-state index in [1.807, 2.05) is 49.4 Å². The van der Waals surface area contributed by atoms with E-state index in [2.05, 4.69) is 15.5 Å². The summed E-state index contributed by atoms with van der Waals surface area (Å²) in [7, 11) is 0. The second kappa shape index (κ2) is 8.97. The molecule has 1 atom stereocenters. The molecule has 0 radical (unpaired) electrons. The second-order valence-corrected chi connectivity index (χ2v) is 7.16. The van der Waals surface area contributed by atoms with Gasteiger partial charge in [-0.3, -0.25) is 4.79 Å². The van der Waals surface area contributed by atoms with E-state index in [4.69, 9.17) is 20.9 Å². The van der Waals surface area contributed by atoms with Gasteiger partial charge in [-0.25, -0.2) is 0 Å². The number of nitrogens with zero attached hydrogens (tertiary/aromatic N) is 2. The number of rotatable bonds is 7. The van der Waals surface area contributed by atoms with Gasteiger partial charge in [0, 0.05) is 16.0 Å². The third-order valence-corrected chi connectivity index (χ3v) is 4.92. The van der Waals surface area contributed by atoms with Crippen molar-refractivity contribution in [3.63, 3.8) is 0 Å². The SMILES string of the molecule is CCC(Oc1cccc2ccccc12)C(=O)NCc1nc(-c2ccc(Cl)cc2)no1. The van der Waals surface area contributed by atoms with E-state index in [1.54, 1.807) is 24.3 Å². The maximum absolute atomic E-state index is 12.7. The molecule has 4 rings (SSSR count). The van der Waals surface area contributed by atoms with Gasteiger partial charge in [0.1, 0.15) is 5.75 Å². The number of carbonyl (C=O) groups is 1. The maximum Gasteiger partial charge on any atom is 0.261 e.